The minimum absolute atomic E-state index is 0.00907. The molecule has 3 heterocycles. The molecule has 28 heteroatoms. The van der Waals surface area contributed by atoms with E-state index in [0.29, 0.717) is 28.1 Å². The number of carbonyl (C=O) groups is 11. The summed E-state index contributed by atoms with van der Waals surface area (Å²) in [6.07, 6.45) is -5.99. The van der Waals surface area contributed by atoms with Crippen molar-refractivity contribution in [3.8, 4) is 0 Å². The molecule has 3 aromatic rings. The summed E-state index contributed by atoms with van der Waals surface area (Å²) >= 11 is 3.89. The zero-order valence-corrected chi connectivity index (χ0v) is 50.9. The third-order valence-electron chi connectivity index (χ3n) is 12.7. The van der Waals surface area contributed by atoms with Gasteiger partial charge in [-0.25, -0.2) is 9.59 Å². The Kier molecular flexibility index (Phi) is 25.2. The molecule has 8 atom stereocenters. The second-order valence-electron chi connectivity index (χ2n) is 20.9. The predicted molar refractivity (Wildman–Crippen MR) is 315 cm³/mol. The van der Waals surface area contributed by atoms with Crippen LogP contribution in [0.5, 0.6) is 0 Å². The van der Waals surface area contributed by atoms with Crippen LogP contribution in [0.4, 0.5) is 10.5 Å². The fraction of sp³-hybridized carbons (Fsp3) is 0.466. The van der Waals surface area contributed by atoms with Gasteiger partial charge < -0.3 is 65.5 Å². The molecule has 6 amide bonds. The number of hydrogen-bond acceptors (Lipinski definition) is 22. The Morgan fingerprint density at radius 3 is 2.00 bits per heavy atom. The summed E-state index contributed by atoms with van der Waals surface area (Å²) in [4.78, 5) is 143. The normalized spacial score (nSPS) is 20.3. The second kappa shape index (κ2) is 32.2. The van der Waals surface area contributed by atoms with E-state index in [2.05, 4.69) is 26.6 Å². The molecule has 0 spiro atoms. The van der Waals surface area contributed by atoms with Gasteiger partial charge >= 0.3 is 35.9 Å². The van der Waals surface area contributed by atoms with Crippen LogP contribution in [-0.4, -0.2) is 167 Å². The Labute approximate surface area is 509 Å². The number of fused-ring (bicyclic) bond motifs is 1. The first-order valence-corrected chi connectivity index (χ1v) is 30.5. The number of β-lactam (4-membered cyclic amide) rings is 1. The van der Waals surface area contributed by atoms with Gasteiger partial charge in [-0.05, 0) is 68.2 Å². The van der Waals surface area contributed by atoms with E-state index >= 15 is 0 Å². The van der Waals surface area contributed by atoms with Crippen LogP contribution in [0.3, 0.4) is 0 Å². The maximum atomic E-state index is 14.5. The van der Waals surface area contributed by atoms with Crippen LogP contribution in [0.2, 0.25) is 0 Å². The van der Waals surface area contributed by atoms with Crippen molar-refractivity contribution < 1.29 is 85.9 Å². The quantitative estimate of drug-likeness (QED) is 0.0220. The first-order chi connectivity index (χ1) is 40.9. The van der Waals surface area contributed by atoms with Crippen LogP contribution in [0.1, 0.15) is 78.5 Å². The van der Waals surface area contributed by atoms with E-state index in [1.54, 1.807) is 45.0 Å². The molecule has 25 nitrogen and oxygen atoms in total. The lowest BCUT2D eigenvalue weighted by Gasteiger charge is -2.49. The number of anilines is 1. The Bertz CT molecular complexity index is 2930. The summed E-state index contributed by atoms with van der Waals surface area (Å²) in [5.41, 5.74) is 7.96. The summed E-state index contributed by atoms with van der Waals surface area (Å²) < 4.78 is 38.8. The van der Waals surface area contributed by atoms with E-state index in [9.17, 15) is 52.7 Å². The van der Waals surface area contributed by atoms with Crippen LogP contribution in [0.25, 0.3) is 0 Å². The molecule has 2 fully saturated rings. The lowest BCUT2D eigenvalue weighted by molar-refractivity contribution is -0.192. The van der Waals surface area contributed by atoms with E-state index in [1.165, 1.54) is 28.4 Å². The molecule has 2 saturated heterocycles. The standard InChI is InChI=1S/C58H71N7O18S3/c1-32(66)77-26-38-27-78-56(81-35(4)69)46(51(80-34(3)68)50(38)79-33(2)67)63-43(70)19-14-24-60-52(73)42(59)30-84-31-45(72)62-40-20-22-41(23-21-40)85-28-39-29-86-54-47(64-44(71)25-61-57(76)83-58(5,6)7)53(74)65(54)48(39)55(75)82-49(36-15-10-8-11-16-36)37-17-12-9-13-18-37/h8-13,15-18,20-23,38,42,46-47,49-51,54,56H,14,19,24-31,59H2,1-7H3,(H,60,73)(H,61,76)(H,62,72)(H,63,70)(H,64,71)/t38?,42?,46-,47?,50+,51?,54?,56-/m0/s1. The number of alkyl carbamates (subject to hydrolysis) is 1. The van der Waals surface area contributed by atoms with Gasteiger partial charge in [-0.15, -0.1) is 35.3 Å². The molecule has 0 aromatic heterocycles. The van der Waals surface area contributed by atoms with E-state index < -0.39 is 126 Å². The molecule has 0 aliphatic carbocycles. The number of esters is 5. The smallest absolute Gasteiger partial charge is 0.408 e. The molecule has 6 rings (SSSR count). The number of hydrogen-bond donors (Lipinski definition) is 6. The summed E-state index contributed by atoms with van der Waals surface area (Å²) in [7, 11) is 0. The van der Waals surface area contributed by atoms with Gasteiger partial charge in [-0.3, -0.25) is 48.1 Å². The predicted octanol–water partition coefficient (Wildman–Crippen LogP) is 3.63. The number of rotatable bonds is 26. The number of nitrogens with two attached hydrogens (primary N) is 1. The highest BCUT2D eigenvalue weighted by molar-refractivity contribution is 8.01. The van der Waals surface area contributed by atoms with E-state index in [-0.39, 0.29) is 61.5 Å². The van der Waals surface area contributed by atoms with Gasteiger partial charge in [-0.1, -0.05) is 60.7 Å². The monoisotopic (exact) mass is 1250 g/mol. The van der Waals surface area contributed by atoms with Gasteiger partial charge in [0.25, 0.3) is 5.91 Å². The van der Waals surface area contributed by atoms with Crippen LogP contribution in [0, 0.1) is 5.92 Å². The molecule has 3 aliphatic heterocycles. The maximum absolute atomic E-state index is 14.5. The summed E-state index contributed by atoms with van der Waals surface area (Å²) in [6, 6.07) is 22.0. The summed E-state index contributed by atoms with van der Waals surface area (Å²) in [6.45, 7) is 8.46. The van der Waals surface area contributed by atoms with Crippen molar-refractivity contribution in [3.63, 3.8) is 0 Å². The van der Waals surface area contributed by atoms with Crippen LogP contribution >= 0.6 is 35.3 Å². The zero-order chi connectivity index (χ0) is 62.7. The number of benzene rings is 3. The Hall–Kier alpha value is -7.66. The molecular weight excluding hydrogens is 1180 g/mol. The highest BCUT2D eigenvalue weighted by atomic mass is 32.2. The number of thioether (sulfide) groups is 3. The molecule has 0 saturated carbocycles. The van der Waals surface area contributed by atoms with Crippen molar-refractivity contribution in [1.82, 2.24) is 26.2 Å². The SMILES string of the molecule is CC(=O)OCC1CO[C@@H](OC(C)=O)[C@@H](NC(=O)CCCNC(=O)C(N)CSCC(=O)Nc2ccc(SCC3=C(C(=O)OC(c4ccccc4)c4ccccc4)N4C(=O)C(NC(=O)CNC(=O)OC(C)(C)C)C4SC3)cc2)C(OC(C)=O)[C@@H]1OC(C)=O. The first kappa shape index (κ1) is 67.5. The number of nitrogens with one attached hydrogen (secondary N) is 5. The van der Waals surface area contributed by atoms with Crippen molar-refractivity contribution >= 4 is 106 Å². The van der Waals surface area contributed by atoms with Crippen molar-refractivity contribution in [2.45, 2.75) is 120 Å². The highest BCUT2D eigenvalue weighted by Gasteiger charge is 2.55. The fourth-order valence-corrected chi connectivity index (χ4v) is 12.1. The van der Waals surface area contributed by atoms with Gasteiger partial charge in [0, 0.05) is 68.5 Å². The molecular formula is C58H71N7O18S3. The molecule has 0 bridgehead atoms. The molecule has 3 aliphatic rings. The zero-order valence-electron chi connectivity index (χ0n) is 48.4. The Morgan fingerprint density at radius 2 is 1.40 bits per heavy atom. The van der Waals surface area contributed by atoms with Crippen LogP contribution in [-0.2, 0) is 81.1 Å². The lowest BCUT2D eigenvalue weighted by atomic mass is 9.94. The Morgan fingerprint density at radius 1 is 0.767 bits per heavy atom. The Balaban J connectivity index is 0.995. The number of carbonyl (C=O) groups excluding carboxylic acids is 11. The van der Waals surface area contributed by atoms with Gasteiger partial charge in [0.15, 0.2) is 12.2 Å². The molecule has 3 aromatic carbocycles. The van der Waals surface area contributed by atoms with Crippen LogP contribution in [0.15, 0.2) is 101 Å². The molecule has 86 heavy (non-hydrogen) atoms. The molecule has 0 radical (unpaired) electrons. The van der Waals surface area contributed by atoms with Gasteiger partial charge in [0.2, 0.25) is 29.9 Å². The van der Waals surface area contributed by atoms with Crippen molar-refractivity contribution in [3.05, 3.63) is 107 Å². The largest absolute Gasteiger partial charge is 0.465 e. The summed E-state index contributed by atoms with van der Waals surface area (Å²) in [5, 5.41) is 12.6. The average molecular weight is 1250 g/mol. The second-order valence-corrected chi connectivity index (χ2v) is 24.0. The molecule has 5 unspecified atom stereocenters. The molecule has 7 N–H and O–H groups in total. The van der Waals surface area contributed by atoms with Gasteiger partial charge in [0.05, 0.1) is 30.9 Å². The summed E-state index contributed by atoms with van der Waals surface area (Å²) in [5.74, 6) is -6.75. The third-order valence-corrected chi connectivity index (χ3v) is 16.2. The third kappa shape index (κ3) is 20.5. The first-order valence-electron chi connectivity index (χ1n) is 27.3. The maximum Gasteiger partial charge on any atom is 0.408 e. The topological polar surface area (TPSA) is 342 Å². The van der Waals surface area contributed by atoms with Crippen molar-refractivity contribution in [2.75, 3.05) is 54.6 Å². The minimum Gasteiger partial charge on any atom is -0.465 e. The van der Waals surface area contributed by atoms with Gasteiger partial charge in [-0.2, -0.15) is 0 Å². The molecule has 464 valence electrons. The number of amides is 6. The van der Waals surface area contributed by atoms with Gasteiger partial charge in [0.1, 0.15) is 41.4 Å². The number of nitrogens with zero attached hydrogens (tertiary/aromatic N) is 1. The highest BCUT2D eigenvalue weighted by Crippen LogP contribution is 2.43. The van der Waals surface area contributed by atoms with Crippen molar-refractivity contribution in [2.24, 2.45) is 11.7 Å². The fourth-order valence-electron chi connectivity index (χ4n) is 8.95. The van der Waals surface area contributed by atoms with E-state index in [4.69, 9.17) is 38.9 Å². The average Bonchev–Trinajstić information content (AvgIpc) is 0.889. The number of ether oxygens (including phenoxy) is 7. The lowest BCUT2D eigenvalue weighted by Crippen LogP contribution is -2.71. The van der Waals surface area contributed by atoms with E-state index in [0.717, 1.165) is 44.4 Å². The van der Waals surface area contributed by atoms with Crippen LogP contribution < -0.4 is 32.3 Å². The van der Waals surface area contributed by atoms with Crippen molar-refractivity contribution in [1.29, 1.82) is 0 Å². The van der Waals surface area contributed by atoms with E-state index in [1.807, 2.05) is 60.7 Å². The minimum atomic E-state index is -1.52.